The number of halogens is 2. The number of allylic oxidation sites excluding steroid dienone is 3. The van der Waals surface area contributed by atoms with Crippen LogP contribution in [0.5, 0.6) is 5.75 Å². The van der Waals surface area contributed by atoms with Crippen LogP contribution < -0.4 is 30.7 Å². The van der Waals surface area contributed by atoms with E-state index >= 15 is 0 Å². The van der Waals surface area contributed by atoms with Crippen molar-refractivity contribution in [2.24, 2.45) is 5.84 Å². The maximum absolute atomic E-state index is 13.2. The third-order valence-corrected chi connectivity index (χ3v) is 9.53. The number of esters is 1. The highest BCUT2D eigenvalue weighted by Gasteiger charge is 2.54. The van der Waals surface area contributed by atoms with Gasteiger partial charge in [0.1, 0.15) is 29.9 Å². The van der Waals surface area contributed by atoms with Gasteiger partial charge in [-0.05, 0) is 75.4 Å². The van der Waals surface area contributed by atoms with Gasteiger partial charge in [-0.1, -0.05) is 36.2 Å². The molecule has 1 aromatic heterocycles. The highest BCUT2D eigenvalue weighted by Crippen LogP contribution is 2.47. The first-order valence-corrected chi connectivity index (χ1v) is 16.7. The van der Waals surface area contributed by atoms with Gasteiger partial charge in [-0.25, -0.2) is 20.9 Å². The molecule has 0 bridgehead atoms. The number of anilines is 3. The molecule has 3 unspecified atom stereocenters. The fraction of sp³-hybridized carbons (Fsp3) is 0.500. The van der Waals surface area contributed by atoms with E-state index in [0.29, 0.717) is 47.6 Å². The number of aromatic nitrogens is 2. The van der Waals surface area contributed by atoms with E-state index in [4.69, 9.17) is 47.6 Å². The molecule has 1 fully saturated rings. The Kier molecular flexibility index (Phi) is 12.7. The number of hydrogen-bond acceptors (Lipinski definition) is 12. The number of hydrazine groups is 1. The molecule has 2 aromatic rings. The van der Waals surface area contributed by atoms with E-state index in [2.05, 4.69) is 32.2 Å². The first kappa shape index (κ1) is 35.2. The largest absolute Gasteiger partial charge is 0.460 e. The zero-order valence-electron chi connectivity index (χ0n) is 26.3. The summed E-state index contributed by atoms with van der Waals surface area (Å²) >= 11 is 12.4. The van der Waals surface area contributed by atoms with Gasteiger partial charge in [0.25, 0.3) is 0 Å². The third-order valence-electron chi connectivity index (χ3n) is 7.46. The number of carbonyl (C=O) groups is 1. The fourth-order valence-corrected chi connectivity index (χ4v) is 6.30. The smallest absolute Gasteiger partial charge is 0.327 e. The van der Waals surface area contributed by atoms with Crippen LogP contribution in [-0.2, 0) is 18.8 Å². The van der Waals surface area contributed by atoms with Crippen LogP contribution in [0.3, 0.4) is 0 Å². The van der Waals surface area contributed by atoms with Crippen molar-refractivity contribution in [3.8, 4) is 5.75 Å². The molecule has 0 radical (unpaired) electrons. The van der Waals surface area contributed by atoms with Crippen molar-refractivity contribution < 1.29 is 23.3 Å². The van der Waals surface area contributed by atoms with Crippen molar-refractivity contribution in [2.75, 3.05) is 49.3 Å². The van der Waals surface area contributed by atoms with Gasteiger partial charge in [-0.2, -0.15) is 0 Å². The molecule has 3 atom stereocenters. The summed E-state index contributed by atoms with van der Waals surface area (Å²) in [5.41, 5.74) is 0.654. The van der Waals surface area contributed by atoms with Crippen LogP contribution in [-0.4, -0.2) is 67.7 Å². The first-order chi connectivity index (χ1) is 21.6. The summed E-state index contributed by atoms with van der Waals surface area (Å²) in [5, 5.41) is 9.26. The summed E-state index contributed by atoms with van der Waals surface area (Å²) in [6.07, 6.45) is 7.68. The highest BCUT2D eigenvalue weighted by atomic mass is 35.5. The number of benzene rings is 1. The molecule has 246 valence electrons. The number of rotatable bonds is 17. The summed E-state index contributed by atoms with van der Waals surface area (Å²) in [6, 6.07) is 7.01. The fourth-order valence-electron chi connectivity index (χ4n) is 4.58. The Morgan fingerprint density at radius 2 is 2.04 bits per heavy atom. The van der Waals surface area contributed by atoms with Crippen LogP contribution in [0.25, 0.3) is 0 Å². The van der Waals surface area contributed by atoms with Crippen LogP contribution in [0.4, 0.5) is 17.3 Å². The standard InChI is InChI=1S/C30H42Cl2N7O5P/c1-6-7-8-25(32)20(2)16-42-29(40)30(13-14-30)37-45(44-23-11-9-22(31)10-12-23)43-17-24(41-5)15-21(3)39-19-36-26-27(38(4)33)34-18-35-28(26)39/h7-12,18,21,24,36-37H,6,13-17,19,33H2,1-5H3/b8-7-,25-20-. The zero-order chi connectivity index (χ0) is 32.6. The van der Waals surface area contributed by atoms with Gasteiger partial charge in [0.15, 0.2) is 11.6 Å². The van der Waals surface area contributed by atoms with E-state index in [1.54, 1.807) is 38.4 Å². The summed E-state index contributed by atoms with van der Waals surface area (Å²) in [5.74, 6) is 7.53. The van der Waals surface area contributed by atoms with Gasteiger partial charge in [0.05, 0.1) is 19.4 Å². The molecule has 1 aliphatic carbocycles. The van der Waals surface area contributed by atoms with Gasteiger partial charge >= 0.3 is 14.5 Å². The molecular formula is C30H42Cl2N7O5P. The van der Waals surface area contributed by atoms with Gasteiger partial charge in [-0.15, -0.1) is 0 Å². The number of nitrogens with one attached hydrogen (secondary N) is 2. The number of carbonyl (C=O) groups excluding carboxylic acids is 1. The van der Waals surface area contributed by atoms with Crippen LogP contribution in [0.2, 0.25) is 5.02 Å². The van der Waals surface area contributed by atoms with E-state index in [1.165, 1.54) is 11.3 Å². The molecule has 15 heteroatoms. The molecule has 0 saturated heterocycles. The molecule has 0 amide bonds. The molecule has 1 saturated carbocycles. The second kappa shape index (κ2) is 16.2. The van der Waals surface area contributed by atoms with Gasteiger partial charge in [0.2, 0.25) is 0 Å². The van der Waals surface area contributed by atoms with Crippen molar-refractivity contribution in [3.63, 3.8) is 0 Å². The number of hydrogen-bond donors (Lipinski definition) is 3. The lowest BCUT2D eigenvalue weighted by Crippen LogP contribution is -2.40. The number of nitrogens with two attached hydrogens (primary N) is 1. The summed E-state index contributed by atoms with van der Waals surface area (Å²) < 4.78 is 24.0. The monoisotopic (exact) mass is 681 g/mol. The molecule has 4 N–H and O–H groups in total. The Labute approximate surface area is 276 Å². The predicted octanol–water partition coefficient (Wildman–Crippen LogP) is 5.89. The lowest BCUT2D eigenvalue weighted by molar-refractivity contribution is -0.146. The molecule has 4 rings (SSSR count). The van der Waals surface area contributed by atoms with E-state index < -0.39 is 14.1 Å². The minimum Gasteiger partial charge on any atom is -0.460 e. The van der Waals surface area contributed by atoms with Crippen molar-refractivity contribution >= 4 is 55.0 Å². The van der Waals surface area contributed by atoms with E-state index in [0.717, 1.165) is 23.5 Å². The highest BCUT2D eigenvalue weighted by molar-refractivity contribution is 7.45. The van der Waals surface area contributed by atoms with Gasteiger partial charge < -0.3 is 28.7 Å². The predicted molar refractivity (Wildman–Crippen MR) is 179 cm³/mol. The van der Waals surface area contributed by atoms with Gasteiger partial charge in [-0.3, -0.25) is 9.80 Å². The van der Waals surface area contributed by atoms with Crippen molar-refractivity contribution in [3.05, 3.63) is 58.4 Å². The van der Waals surface area contributed by atoms with E-state index in [1.807, 2.05) is 26.0 Å². The number of ether oxygens (including phenoxy) is 2. The van der Waals surface area contributed by atoms with Crippen molar-refractivity contribution in [1.29, 1.82) is 0 Å². The normalized spacial score (nSPS) is 17.6. The average molecular weight is 683 g/mol. The lowest BCUT2D eigenvalue weighted by Gasteiger charge is -2.29. The zero-order valence-corrected chi connectivity index (χ0v) is 28.7. The number of fused-ring (bicyclic) bond motifs is 1. The Morgan fingerprint density at radius 1 is 1.31 bits per heavy atom. The number of nitrogens with zero attached hydrogens (tertiary/aromatic N) is 4. The quantitative estimate of drug-likeness (QED) is 0.0604. The Hall–Kier alpha value is -2.70. The Morgan fingerprint density at radius 3 is 2.69 bits per heavy atom. The minimum atomic E-state index is -1.77. The molecule has 45 heavy (non-hydrogen) atoms. The first-order valence-electron chi connectivity index (χ1n) is 14.8. The van der Waals surface area contributed by atoms with Gasteiger partial charge in [0, 0.05) is 30.3 Å². The van der Waals surface area contributed by atoms with E-state index in [-0.39, 0.29) is 31.3 Å². The molecule has 1 aromatic carbocycles. The molecule has 0 spiro atoms. The summed E-state index contributed by atoms with van der Waals surface area (Å²) in [6.45, 7) is 6.83. The van der Waals surface area contributed by atoms with Crippen LogP contribution in [0.15, 0.2) is 53.4 Å². The van der Waals surface area contributed by atoms with Crippen molar-refractivity contribution in [2.45, 2.75) is 64.1 Å². The molecule has 12 nitrogen and oxygen atoms in total. The molecule has 1 aliphatic heterocycles. The van der Waals surface area contributed by atoms with Crippen LogP contribution in [0, 0.1) is 0 Å². The SMILES string of the molecule is CC/C=C\C(Cl)=C(/C)COC(=O)C1(NP(OCC(CC(C)N2CNc3c(N(C)N)ncnc32)OC)Oc2ccc(Cl)cc2)CC1. The second-order valence-electron chi connectivity index (χ2n) is 11.1. The Balaban J connectivity index is 1.40. The maximum atomic E-state index is 13.2. The molecule has 2 heterocycles. The van der Waals surface area contributed by atoms with Crippen molar-refractivity contribution in [1.82, 2.24) is 15.1 Å². The minimum absolute atomic E-state index is 0.0366. The Bertz CT molecular complexity index is 1360. The average Bonchev–Trinajstić information content (AvgIpc) is 3.69. The summed E-state index contributed by atoms with van der Waals surface area (Å²) in [7, 11) is 1.61. The third kappa shape index (κ3) is 9.42. The second-order valence-corrected chi connectivity index (χ2v) is 13.1. The van der Waals surface area contributed by atoms with Crippen LogP contribution in [0.1, 0.15) is 46.5 Å². The van der Waals surface area contributed by atoms with E-state index in [9.17, 15) is 4.79 Å². The number of methoxy groups -OCH3 is 1. The van der Waals surface area contributed by atoms with Crippen LogP contribution >= 0.6 is 31.7 Å². The molecular weight excluding hydrogens is 640 g/mol. The maximum Gasteiger partial charge on any atom is 0.327 e. The molecule has 2 aliphatic rings. The summed E-state index contributed by atoms with van der Waals surface area (Å²) in [4.78, 5) is 24.1. The topological polar surface area (TPSA) is 136 Å². The lowest BCUT2D eigenvalue weighted by atomic mass is 10.1.